The maximum absolute atomic E-state index is 7.75. The van der Waals surface area contributed by atoms with Gasteiger partial charge >= 0.3 is 0 Å². The van der Waals surface area contributed by atoms with Gasteiger partial charge in [0.25, 0.3) is 0 Å². The second-order valence-corrected chi connectivity index (χ2v) is 45.4. The summed E-state index contributed by atoms with van der Waals surface area (Å²) in [6.45, 7) is 38.7. The van der Waals surface area contributed by atoms with Crippen molar-refractivity contribution < 1.29 is 23.7 Å². The fourth-order valence-corrected chi connectivity index (χ4v) is 26.0. The summed E-state index contributed by atoms with van der Waals surface area (Å²) in [6, 6.07) is 82.4. The zero-order valence-corrected chi connectivity index (χ0v) is 96.3. The first-order chi connectivity index (χ1) is 73.5. The van der Waals surface area contributed by atoms with E-state index in [0.29, 0.717) is 64.6 Å². The lowest BCUT2D eigenvalue weighted by Crippen LogP contribution is -2.07. The van der Waals surface area contributed by atoms with Crippen LogP contribution < -0.4 is 29.4 Å². The number of benzene rings is 15. The van der Waals surface area contributed by atoms with Crippen LogP contribution in [0.15, 0.2) is 206 Å². The highest BCUT2D eigenvalue weighted by molar-refractivity contribution is 6.21. The molecule has 0 saturated carbocycles. The van der Waals surface area contributed by atoms with Crippen LogP contribution in [0, 0.1) is 47.3 Å². The molecule has 0 spiro atoms. The Hall–Kier alpha value is -10.7. The molecule has 0 radical (unpaired) electrons. The maximum atomic E-state index is 7.75. The van der Waals surface area contributed by atoms with Crippen LogP contribution in [0.3, 0.4) is 0 Å². The standard InChI is InChI=1S/C144H187NO5/c1-20-36-52-97(28-9)76-108-60-44-68-116-124(108)90-125-109(77-98(29-10)53-37-21-2)61-45-69-117(125)138(116)132-84-106(85-133(142(132)146-17)139-118-70-46-62-110(78-99(30-11)54-38-22-3)126(118)91-127-111(63-47-71-119(127)139)79-100(31-12)55-39-23-4)95-149-136-88-105(94-145)89-137(144(136)148-19)150-96-107-86-134(140-120-72-48-64-112(80-101(32-13)56-40-24-5)128(120)92-129-113(65-49-73-121(129)140)81-102(33-14)57-41-25-6)143(147-18)135(87-107)141-122-74-50-66-114(82-103(34-15)58-42-26-7)130(122)93-131-115(67-51-75-123(131)141)83-104(35-16)59-43-27-8/h44-51,60-75,84-93,97-104H,20-43,52-59,76-83,94-96,145H2,1-19H3. The molecule has 15 aromatic rings. The van der Waals surface area contributed by atoms with Gasteiger partial charge in [-0.05, 0) is 307 Å². The second-order valence-electron chi connectivity index (χ2n) is 45.4. The average Bonchev–Trinajstić information content (AvgIpc) is 0.749. The Balaban J connectivity index is 0.982. The van der Waals surface area contributed by atoms with Crippen molar-refractivity contribution >= 4 is 86.2 Å². The van der Waals surface area contributed by atoms with Crippen molar-refractivity contribution in [2.75, 3.05) is 21.3 Å². The first kappa shape index (κ1) is 113. The van der Waals surface area contributed by atoms with Gasteiger partial charge in [-0.2, -0.15) is 0 Å². The van der Waals surface area contributed by atoms with Crippen LogP contribution in [0.1, 0.15) is 377 Å². The molecule has 0 fully saturated rings. The van der Waals surface area contributed by atoms with E-state index < -0.39 is 0 Å². The van der Waals surface area contributed by atoms with E-state index in [4.69, 9.17) is 29.4 Å². The number of nitrogens with two attached hydrogens (primary N) is 1. The fourth-order valence-electron chi connectivity index (χ4n) is 26.0. The molecule has 0 saturated heterocycles. The van der Waals surface area contributed by atoms with E-state index in [1.165, 1.54) is 307 Å². The predicted octanol–water partition coefficient (Wildman–Crippen LogP) is 42.3. The van der Waals surface area contributed by atoms with Crippen molar-refractivity contribution in [2.45, 2.75) is 387 Å². The number of unbranched alkanes of at least 4 members (excludes halogenated alkanes) is 8. The Morgan fingerprint density at radius 1 is 0.200 bits per heavy atom. The Morgan fingerprint density at radius 3 is 0.520 bits per heavy atom. The molecule has 0 aromatic heterocycles. The number of hydrogen-bond acceptors (Lipinski definition) is 6. The van der Waals surface area contributed by atoms with E-state index in [9.17, 15) is 0 Å². The van der Waals surface area contributed by atoms with Gasteiger partial charge in [-0.3, -0.25) is 0 Å². The van der Waals surface area contributed by atoms with Crippen LogP contribution in [0.25, 0.3) is 131 Å². The average molecular weight is 2010 g/mol. The first-order valence-electron chi connectivity index (χ1n) is 60.5. The monoisotopic (exact) mass is 2010 g/mol. The first-order valence-corrected chi connectivity index (χ1v) is 60.5. The minimum Gasteiger partial charge on any atom is -0.495 e. The van der Waals surface area contributed by atoms with Crippen LogP contribution in [0.4, 0.5) is 0 Å². The van der Waals surface area contributed by atoms with E-state index in [1.54, 1.807) is 7.11 Å². The van der Waals surface area contributed by atoms with Gasteiger partial charge in [0.1, 0.15) is 24.7 Å². The molecule has 0 aliphatic carbocycles. The summed E-state index contributed by atoms with van der Waals surface area (Å²) in [5.41, 5.74) is 30.4. The summed E-state index contributed by atoms with van der Waals surface area (Å²) >= 11 is 0. The molecule has 0 aliphatic rings. The molecule has 2 N–H and O–H groups in total. The van der Waals surface area contributed by atoms with Crippen molar-refractivity contribution in [1.82, 2.24) is 0 Å². The highest BCUT2D eigenvalue weighted by Gasteiger charge is 2.32. The summed E-state index contributed by atoms with van der Waals surface area (Å²) in [7, 11) is 5.67. The lowest BCUT2D eigenvalue weighted by Gasteiger charge is -2.25. The number of hydrogen-bond donors (Lipinski definition) is 1. The maximum Gasteiger partial charge on any atom is 0.203 e. The fraction of sp³-hybridized carbons (Fsp3) is 0.486. The summed E-state index contributed by atoms with van der Waals surface area (Å²) in [5, 5.41) is 20.7. The van der Waals surface area contributed by atoms with Gasteiger partial charge in [0.2, 0.25) is 5.75 Å². The third kappa shape index (κ3) is 26.3. The molecule has 6 nitrogen and oxygen atoms in total. The van der Waals surface area contributed by atoms with E-state index in [-0.39, 0.29) is 19.8 Å². The summed E-state index contributed by atoms with van der Waals surface area (Å²) in [6.07, 6.45) is 46.3. The molecule has 8 unspecified atom stereocenters. The highest BCUT2D eigenvalue weighted by atomic mass is 16.5. The van der Waals surface area contributed by atoms with Crippen LogP contribution in [0.2, 0.25) is 0 Å². The SMILES string of the molecule is CCCCC(CC)Cc1cccc2c(-c3cc(COc4cc(CN)cc(OCc5cc(-c6c7cccc(CC(CC)CCCC)c7cc7c(CC(CC)CCCC)cccc67)c(OC)c(-c6c7cccc(CC(CC)CCCC)c7cc7c(CC(CC)CCCC)cccc67)c5)c4OC)cc(-c4c5cccc(CC(CC)CCCC)c5cc5c(CC(CC)CCCC)cccc45)c3OC)c3cccc(CC(CC)CCCC)c3cc12. The van der Waals surface area contributed by atoms with Crippen molar-refractivity contribution in [1.29, 1.82) is 0 Å². The number of ether oxygens (including phenoxy) is 5. The van der Waals surface area contributed by atoms with Gasteiger partial charge in [-0.15, -0.1) is 0 Å². The minimum absolute atomic E-state index is 0.185. The Bertz CT molecular complexity index is 5870. The molecule has 6 heteroatoms. The van der Waals surface area contributed by atoms with Gasteiger partial charge in [0.15, 0.2) is 11.5 Å². The van der Waals surface area contributed by atoms with Gasteiger partial charge in [0, 0.05) is 51.1 Å². The largest absolute Gasteiger partial charge is 0.495 e. The Morgan fingerprint density at radius 2 is 0.373 bits per heavy atom. The van der Waals surface area contributed by atoms with Crippen LogP contribution in [-0.4, -0.2) is 21.3 Å². The van der Waals surface area contributed by atoms with Crippen molar-refractivity contribution in [3.63, 3.8) is 0 Å². The summed E-state index contributed by atoms with van der Waals surface area (Å²) < 4.78 is 37.3. The summed E-state index contributed by atoms with van der Waals surface area (Å²) in [5.74, 6) is 7.86. The Labute approximate surface area is 906 Å². The van der Waals surface area contributed by atoms with Gasteiger partial charge in [-0.25, -0.2) is 0 Å². The van der Waals surface area contributed by atoms with Gasteiger partial charge in [0.05, 0.1) is 21.3 Å². The van der Waals surface area contributed by atoms with Gasteiger partial charge < -0.3 is 29.4 Å². The van der Waals surface area contributed by atoms with Crippen LogP contribution in [-0.2, 0) is 71.1 Å². The smallest absolute Gasteiger partial charge is 0.203 e. The predicted molar refractivity (Wildman–Crippen MR) is 653 cm³/mol. The molecule has 798 valence electrons. The number of fused-ring (bicyclic) bond motifs is 8. The molecule has 150 heavy (non-hydrogen) atoms. The molecular formula is C144H187NO5. The van der Waals surface area contributed by atoms with Crippen LogP contribution in [0.5, 0.6) is 28.7 Å². The van der Waals surface area contributed by atoms with Crippen molar-refractivity contribution in [3.05, 3.63) is 267 Å². The highest BCUT2D eigenvalue weighted by Crippen LogP contribution is 2.55. The van der Waals surface area contributed by atoms with E-state index in [1.807, 2.05) is 14.2 Å². The zero-order chi connectivity index (χ0) is 106. The third-order valence-electron chi connectivity index (χ3n) is 35.4. The normalized spacial score (nSPS) is 13.6. The van der Waals surface area contributed by atoms with Crippen molar-refractivity contribution in [2.24, 2.45) is 53.1 Å². The minimum atomic E-state index is 0.185. The molecule has 0 amide bonds. The molecule has 8 atom stereocenters. The van der Waals surface area contributed by atoms with E-state index >= 15 is 0 Å². The quantitative estimate of drug-likeness (QED) is 0.0383. The molecule has 15 aromatic carbocycles. The van der Waals surface area contributed by atoms with Crippen molar-refractivity contribution in [3.8, 4) is 73.3 Å². The second kappa shape index (κ2) is 56.3. The molecule has 0 aliphatic heterocycles. The lowest BCUT2D eigenvalue weighted by molar-refractivity contribution is 0.257. The lowest BCUT2D eigenvalue weighted by atomic mass is 9.81. The molecule has 0 heterocycles. The third-order valence-corrected chi connectivity index (χ3v) is 35.4. The molecular weight excluding hydrogens is 1820 g/mol. The molecule has 15 rings (SSSR count). The zero-order valence-electron chi connectivity index (χ0n) is 96.3. The van der Waals surface area contributed by atoms with Crippen LogP contribution >= 0.6 is 0 Å². The topological polar surface area (TPSA) is 72.2 Å². The van der Waals surface area contributed by atoms with E-state index in [2.05, 4.69) is 317 Å². The van der Waals surface area contributed by atoms with E-state index in [0.717, 1.165) is 153 Å². The number of rotatable bonds is 62. The van der Waals surface area contributed by atoms with Gasteiger partial charge in [-0.1, -0.05) is 462 Å². The molecule has 0 bridgehead atoms. The Kier molecular flexibility index (Phi) is 42.5. The number of methoxy groups -OCH3 is 3. The summed E-state index contributed by atoms with van der Waals surface area (Å²) in [4.78, 5) is 0.